The predicted octanol–water partition coefficient (Wildman–Crippen LogP) is 3.74. The topological polar surface area (TPSA) is 60.5 Å². The molecule has 2 aromatic rings. The van der Waals surface area contributed by atoms with Crippen molar-refractivity contribution in [1.82, 2.24) is 10.3 Å². The Morgan fingerprint density at radius 1 is 1.26 bits per heavy atom. The van der Waals surface area contributed by atoms with Crippen LogP contribution in [0.5, 0.6) is 11.5 Å². The van der Waals surface area contributed by atoms with Crippen molar-refractivity contribution in [3.05, 3.63) is 39.8 Å². The van der Waals surface area contributed by atoms with E-state index in [1.165, 1.54) is 11.3 Å². The van der Waals surface area contributed by atoms with Gasteiger partial charge in [-0.3, -0.25) is 4.79 Å². The van der Waals surface area contributed by atoms with Crippen molar-refractivity contribution in [3.63, 3.8) is 0 Å². The monoisotopic (exact) mass is 334 g/mol. The van der Waals surface area contributed by atoms with Gasteiger partial charge >= 0.3 is 0 Å². The smallest absolute Gasteiger partial charge is 0.263 e. The van der Waals surface area contributed by atoms with Crippen molar-refractivity contribution in [2.24, 2.45) is 0 Å². The van der Waals surface area contributed by atoms with Crippen LogP contribution < -0.4 is 14.8 Å². The molecule has 5 nitrogen and oxygen atoms in total. The highest BCUT2D eigenvalue weighted by molar-refractivity contribution is 7.11. The summed E-state index contributed by atoms with van der Waals surface area (Å²) in [5.41, 5.74) is 3.38. The highest BCUT2D eigenvalue weighted by atomic mass is 32.1. The molecular formula is C17H22N2O3S. The summed E-state index contributed by atoms with van der Waals surface area (Å²) >= 11 is 1.34. The maximum Gasteiger partial charge on any atom is 0.263 e. The number of benzene rings is 1. The van der Waals surface area contributed by atoms with Gasteiger partial charge in [-0.25, -0.2) is 4.98 Å². The number of aromatic nitrogens is 1. The highest BCUT2D eigenvalue weighted by Gasteiger charge is 2.17. The van der Waals surface area contributed by atoms with Crippen molar-refractivity contribution in [3.8, 4) is 11.5 Å². The number of thiazole rings is 1. The van der Waals surface area contributed by atoms with Gasteiger partial charge in [-0.2, -0.15) is 0 Å². The summed E-state index contributed by atoms with van der Waals surface area (Å²) in [6.07, 6.45) is 0.0705. The number of nitrogens with one attached hydrogen (secondary N) is 1. The zero-order chi connectivity index (χ0) is 17.0. The predicted molar refractivity (Wildman–Crippen MR) is 91.5 cm³/mol. The van der Waals surface area contributed by atoms with Crippen LogP contribution in [-0.2, 0) is 0 Å². The second kappa shape index (κ2) is 7.46. The van der Waals surface area contributed by atoms with Gasteiger partial charge in [0.05, 0.1) is 30.5 Å². The fourth-order valence-corrected chi connectivity index (χ4v) is 2.88. The van der Waals surface area contributed by atoms with Crippen LogP contribution in [0.4, 0.5) is 0 Å². The lowest BCUT2D eigenvalue weighted by Gasteiger charge is -2.18. The molecule has 1 aromatic heterocycles. The van der Waals surface area contributed by atoms with Gasteiger partial charge in [0.25, 0.3) is 5.91 Å². The van der Waals surface area contributed by atoms with Crippen LogP contribution in [0.1, 0.15) is 47.7 Å². The van der Waals surface area contributed by atoms with Gasteiger partial charge in [0.1, 0.15) is 4.88 Å². The SMILES string of the molecule is COc1cc([C@@H](C)NC(=O)c2scnc2C)ccc1OC(C)C. The Bertz CT molecular complexity index is 682. The lowest BCUT2D eigenvalue weighted by Crippen LogP contribution is -2.26. The van der Waals surface area contributed by atoms with E-state index in [0.29, 0.717) is 16.4 Å². The van der Waals surface area contributed by atoms with Crippen LogP contribution in [0.15, 0.2) is 23.7 Å². The zero-order valence-corrected chi connectivity index (χ0v) is 14.9. The van der Waals surface area contributed by atoms with Gasteiger partial charge in [0, 0.05) is 0 Å². The Kier molecular flexibility index (Phi) is 5.60. The number of amides is 1. The minimum atomic E-state index is -0.147. The van der Waals surface area contributed by atoms with Gasteiger partial charge in [0.15, 0.2) is 11.5 Å². The normalized spacial score (nSPS) is 12.1. The van der Waals surface area contributed by atoms with E-state index in [-0.39, 0.29) is 18.1 Å². The molecule has 1 aromatic carbocycles. The van der Waals surface area contributed by atoms with E-state index in [0.717, 1.165) is 11.3 Å². The summed E-state index contributed by atoms with van der Waals surface area (Å²) < 4.78 is 11.1. The molecule has 0 saturated heterocycles. The van der Waals surface area contributed by atoms with Crippen molar-refractivity contribution in [2.75, 3.05) is 7.11 Å². The molecule has 1 amide bonds. The van der Waals surface area contributed by atoms with E-state index in [1.54, 1.807) is 12.6 Å². The van der Waals surface area contributed by atoms with Gasteiger partial charge in [-0.05, 0) is 45.4 Å². The summed E-state index contributed by atoms with van der Waals surface area (Å²) in [6, 6.07) is 5.55. The van der Waals surface area contributed by atoms with Gasteiger partial charge < -0.3 is 14.8 Å². The quantitative estimate of drug-likeness (QED) is 0.874. The molecule has 0 radical (unpaired) electrons. The van der Waals surface area contributed by atoms with E-state index in [1.807, 2.05) is 45.9 Å². The summed E-state index contributed by atoms with van der Waals surface area (Å²) in [6.45, 7) is 7.70. The van der Waals surface area contributed by atoms with Gasteiger partial charge in [-0.15, -0.1) is 11.3 Å². The number of aryl methyl sites for hydroxylation is 1. The first kappa shape index (κ1) is 17.3. The van der Waals surface area contributed by atoms with E-state index in [4.69, 9.17) is 9.47 Å². The van der Waals surface area contributed by atoms with Crippen LogP contribution in [0, 0.1) is 6.92 Å². The summed E-state index contributed by atoms with van der Waals surface area (Å²) in [7, 11) is 1.61. The van der Waals surface area contributed by atoms with Crippen molar-refractivity contribution in [2.45, 2.75) is 39.8 Å². The van der Waals surface area contributed by atoms with E-state index < -0.39 is 0 Å². The number of carbonyl (C=O) groups excluding carboxylic acids is 1. The molecule has 2 rings (SSSR count). The molecular weight excluding hydrogens is 312 g/mol. The van der Waals surface area contributed by atoms with E-state index in [9.17, 15) is 4.79 Å². The molecule has 0 saturated carbocycles. The molecule has 124 valence electrons. The molecule has 0 bridgehead atoms. The summed E-state index contributed by atoms with van der Waals surface area (Å²) in [4.78, 5) is 17.0. The third kappa shape index (κ3) is 4.22. The van der Waals surface area contributed by atoms with Crippen LogP contribution in [0.2, 0.25) is 0 Å². The third-order valence-electron chi connectivity index (χ3n) is 3.35. The van der Waals surface area contributed by atoms with Crippen LogP contribution in [-0.4, -0.2) is 24.1 Å². The molecule has 0 spiro atoms. The Morgan fingerprint density at radius 3 is 2.57 bits per heavy atom. The molecule has 0 fully saturated rings. The lowest BCUT2D eigenvalue weighted by molar-refractivity contribution is 0.0943. The number of rotatable bonds is 6. The maximum absolute atomic E-state index is 12.3. The van der Waals surface area contributed by atoms with Crippen molar-refractivity contribution < 1.29 is 14.3 Å². The van der Waals surface area contributed by atoms with Gasteiger partial charge in [0.2, 0.25) is 0 Å². The highest BCUT2D eigenvalue weighted by Crippen LogP contribution is 2.31. The van der Waals surface area contributed by atoms with Crippen LogP contribution >= 0.6 is 11.3 Å². The van der Waals surface area contributed by atoms with Crippen molar-refractivity contribution >= 4 is 17.2 Å². The zero-order valence-electron chi connectivity index (χ0n) is 14.0. The molecule has 0 aliphatic rings. The maximum atomic E-state index is 12.3. The third-order valence-corrected chi connectivity index (χ3v) is 4.28. The first-order valence-electron chi connectivity index (χ1n) is 7.48. The van der Waals surface area contributed by atoms with Crippen LogP contribution in [0.25, 0.3) is 0 Å². The minimum Gasteiger partial charge on any atom is -0.493 e. The number of nitrogens with zero attached hydrogens (tertiary/aromatic N) is 1. The molecule has 23 heavy (non-hydrogen) atoms. The fourth-order valence-electron chi connectivity index (χ4n) is 2.17. The molecule has 6 heteroatoms. The molecule has 1 heterocycles. The standard InChI is InChI=1S/C17H22N2O3S/c1-10(2)22-14-7-6-13(8-15(14)21-5)11(3)19-17(20)16-12(4)18-9-23-16/h6-11H,1-5H3,(H,19,20)/t11-/m1/s1. The largest absolute Gasteiger partial charge is 0.493 e. The van der Waals surface area contributed by atoms with Crippen LogP contribution in [0.3, 0.4) is 0 Å². The average Bonchev–Trinajstić information content (AvgIpc) is 2.93. The Balaban J connectivity index is 2.14. The molecule has 1 atom stereocenters. The Labute approximate surface area is 140 Å². The number of methoxy groups -OCH3 is 1. The second-order valence-electron chi connectivity index (χ2n) is 5.54. The van der Waals surface area contributed by atoms with E-state index in [2.05, 4.69) is 10.3 Å². The number of hydrogen-bond donors (Lipinski definition) is 1. The lowest BCUT2D eigenvalue weighted by atomic mass is 10.1. The molecule has 0 unspecified atom stereocenters. The molecule has 0 aliphatic carbocycles. The Hall–Kier alpha value is -2.08. The summed E-state index contributed by atoms with van der Waals surface area (Å²) in [5.74, 6) is 1.24. The fraction of sp³-hybridized carbons (Fsp3) is 0.412. The minimum absolute atomic E-state index is 0.0705. The molecule has 1 N–H and O–H groups in total. The average molecular weight is 334 g/mol. The first-order valence-corrected chi connectivity index (χ1v) is 8.36. The molecule has 0 aliphatic heterocycles. The summed E-state index contributed by atoms with van der Waals surface area (Å²) in [5, 5.41) is 2.99. The Morgan fingerprint density at radius 2 is 2.00 bits per heavy atom. The number of hydrogen-bond acceptors (Lipinski definition) is 5. The number of ether oxygens (including phenoxy) is 2. The van der Waals surface area contributed by atoms with E-state index >= 15 is 0 Å². The van der Waals surface area contributed by atoms with Gasteiger partial charge in [-0.1, -0.05) is 6.07 Å². The first-order chi connectivity index (χ1) is 10.9. The van der Waals surface area contributed by atoms with Crippen molar-refractivity contribution in [1.29, 1.82) is 0 Å². The second-order valence-corrected chi connectivity index (χ2v) is 6.39. The number of carbonyl (C=O) groups is 1.